The highest BCUT2D eigenvalue weighted by Crippen LogP contribution is 2.17. The van der Waals surface area contributed by atoms with E-state index in [-0.39, 0.29) is 17.9 Å². The molecule has 0 saturated heterocycles. The van der Waals surface area contributed by atoms with Crippen molar-refractivity contribution in [2.75, 3.05) is 0 Å². The molecule has 1 aromatic carbocycles. The fourth-order valence-electron chi connectivity index (χ4n) is 1.68. The lowest BCUT2D eigenvalue weighted by Gasteiger charge is -2.21. The minimum absolute atomic E-state index is 0.0914. The summed E-state index contributed by atoms with van der Waals surface area (Å²) >= 11 is 5.92. The van der Waals surface area contributed by atoms with E-state index >= 15 is 0 Å². The summed E-state index contributed by atoms with van der Waals surface area (Å²) < 4.78 is 0. The van der Waals surface area contributed by atoms with Gasteiger partial charge in [0.05, 0.1) is 12.1 Å². The van der Waals surface area contributed by atoms with Gasteiger partial charge < -0.3 is 11.1 Å². The second kappa shape index (κ2) is 6.76. The molecular weight excluding hydrogens is 248 g/mol. The zero-order chi connectivity index (χ0) is 13.7. The maximum atomic E-state index is 11.9. The smallest absolute Gasteiger partial charge is 0.237 e. The molecule has 0 heterocycles. The number of nitrogens with two attached hydrogens (primary N) is 1. The van der Waals surface area contributed by atoms with E-state index in [2.05, 4.69) is 5.32 Å². The average molecular weight is 269 g/mol. The van der Waals surface area contributed by atoms with Crippen molar-refractivity contribution in [3.8, 4) is 0 Å². The number of carbonyl (C=O) groups excluding carboxylic acids is 1. The zero-order valence-electron chi connectivity index (χ0n) is 11.1. The van der Waals surface area contributed by atoms with Crippen LogP contribution < -0.4 is 11.1 Å². The Kier molecular flexibility index (Phi) is 5.63. The maximum absolute atomic E-state index is 11.9. The Morgan fingerprint density at radius 3 is 2.67 bits per heavy atom. The van der Waals surface area contributed by atoms with Crippen LogP contribution in [0.15, 0.2) is 24.3 Å². The molecule has 4 heteroatoms. The van der Waals surface area contributed by atoms with E-state index in [0.717, 1.165) is 12.0 Å². The highest BCUT2D eigenvalue weighted by atomic mass is 35.5. The molecule has 1 amide bonds. The molecule has 0 aliphatic heterocycles. The number of nitrogens with one attached hydrogen (secondary N) is 1. The van der Waals surface area contributed by atoms with E-state index in [9.17, 15) is 4.79 Å². The molecule has 1 rings (SSSR count). The number of halogens is 1. The molecule has 0 aromatic heterocycles. The van der Waals surface area contributed by atoms with Gasteiger partial charge >= 0.3 is 0 Å². The molecule has 3 nitrogen and oxygen atoms in total. The van der Waals surface area contributed by atoms with Crippen molar-refractivity contribution in [2.24, 2.45) is 11.7 Å². The van der Waals surface area contributed by atoms with Gasteiger partial charge in [0.1, 0.15) is 0 Å². The minimum Gasteiger partial charge on any atom is -0.348 e. The molecule has 0 spiro atoms. The van der Waals surface area contributed by atoms with Crippen molar-refractivity contribution in [1.82, 2.24) is 5.32 Å². The van der Waals surface area contributed by atoms with Crippen molar-refractivity contribution in [3.63, 3.8) is 0 Å². The van der Waals surface area contributed by atoms with Crippen molar-refractivity contribution in [2.45, 2.75) is 39.3 Å². The molecule has 0 aliphatic carbocycles. The lowest BCUT2D eigenvalue weighted by atomic mass is 9.98. The summed E-state index contributed by atoms with van der Waals surface area (Å²) in [7, 11) is 0. The number of benzene rings is 1. The number of rotatable bonds is 5. The summed E-state index contributed by atoms with van der Waals surface area (Å²) in [6, 6.07) is 6.91. The van der Waals surface area contributed by atoms with E-state index in [1.807, 2.05) is 45.0 Å². The van der Waals surface area contributed by atoms with Gasteiger partial charge in [-0.3, -0.25) is 4.79 Å². The molecule has 1 aromatic rings. The Balaban J connectivity index is 2.65. The first kappa shape index (κ1) is 15.0. The van der Waals surface area contributed by atoms with Crippen LogP contribution in [0.2, 0.25) is 5.02 Å². The normalized spacial score (nSPS) is 15.8. The zero-order valence-corrected chi connectivity index (χ0v) is 11.9. The van der Waals surface area contributed by atoms with Crippen molar-refractivity contribution >= 4 is 17.5 Å². The summed E-state index contributed by atoms with van der Waals surface area (Å²) in [5.74, 6) is 0.0633. The van der Waals surface area contributed by atoms with Crippen molar-refractivity contribution in [1.29, 1.82) is 0 Å². The van der Waals surface area contributed by atoms with Gasteiger partial charge in [-0.1, -0.05) is 44.0 Å². The van der Waals surface area contributed by atoms with Crippen LogP contribution in [0.1, 0.15) is 38.8 Å². The van der Waals surface area contributed by atoms with Crippen LogP contribution in [0, 0.1) is 5.92 Å². The van der Waals surface area contributed by atoms with Crippen LogP contribution in [0.5, 0.6) is 0 Å². The summed E-state index contributed by atoms with van der Waals surface area (Å²) in [5, 5.41) is 3.58. The van der Waals surface area contributed by atoms with Gasteiger partial charge in [-0.25, -0.2) is 0 Å². The number of carbonyl (C=O) groups is 1. The third kappa shape index (κ3) is 4.00. The minimum atomic E-state index is -0.461. The number of hydrogen-bond donors (Lipinski definition) is 2. The van der Waals surface area contributed by atoms with E-state index in [4.69, 9.17) is 17.3 Å². The molecule has 3 N–H and O–H groups in total. The van der Waals surface area contributed by atoms with Crippen LogP contribution in [0.4, 0.5) is 0 Å². The van der Waals surface area contributed by atoms with Gasteiger partial charge in [0.2, 0.25) is 5.91 Å². The Labute approximate surface area is 114 Å². The highest BCUT2D eigenvalue weighted by Gasteiger charge is 2.21. The van der Waals surface area contributed by atoms with Gasteiger partial charge in [0, 0.05) is 5.02 Å². The van der Waals surface area contributed by atoms with Crippen LogP contribution in [0.3, 0.4) is 0 Å². The quantitative estimate of drug-likeness (QED) is 0.863. The largest absolute Gasteiger partial charge is 0.348 e. The van der Waals surface area contributed by atoms with Gasteiger partial charge in [0.25, 0.3) is 0 Å². The van der Waals surface area contributed by atoms with E-state index in [1.54, 1.807) is 0 Å². The Morgan fingerprint density at radius 1 is 1.44 bits per heavy atom. The van der Waals surface area contributed by atoms with Crippen LogP contribution >= 0.6 is 11.6 Å². The molecular formula is C14H21ClN2O. The monoisotopic (exact) mass is 268 g/mol. The second-order valence-corrected chi connectivity index (χ2v) is 5.13. The predicted octanol–water partition coefficient (Wildman–Crippen LogP) is 2.89. The lowest BCUT2D eigenvalue weighted by molar-refractivity contribution is -0.124. The molecule has 0 fully saturated rings. The van der Waals surface area contributed by atoms with Gasteiger partial charge in [-0.05, 0) is 30.5 Å². The summed E-state index contributed by atoms with van der Waals surface area (Å²) in [6.07, 6.45) is 0.889. The molecule has 0 saturated carbocycles. The summed E-state index contributed by atoms with van der Waals surface area (Å²) in [6.45, 7) is 5.93. The standard InChI is InChI=1S/C14H21ClN2O/c1-4-9(2)13(16)14(18)17-10(3)11-6-5-7-12(15)8-11/h5-10,13H,4,16H2,1-3H3,(H,17,18)/t9?,10-,13?/m1/s1. The Hall–Kier alpha value is -1.06. The number of hydrogen-bond acceptors (Lipinski definition) is 2. The third-order valence-electron chi connectivity index (χ3n) is 3.27. The van der Waals surface area contributed by atoms with Crippen LogP contribution in [-0.4, -0.2) is 11.9 Å². The van der Waals surface area contributed by atoms with Gasteiger partial charge in [-0.2, -0.15) is 0 Å². The topological polar surface area (TPSA) is 55.1 Å². The average Bonchev–Trinajstić information content (AvgIpc) is 2.36. The highest BCUT2D eigenvalue weighted by molar-refractivity contribution is 6.30. The van der Waals surface area contributed by atoms with Gasteiger partial charge in [-0.15, -0.1) is 0 Å². The fourth-order valence-corrected chi connectivity index (χ4v) is 1.88. The lowest BCUT2D eigenvalue weighted by Crippen LogP contribution is -2.45. The molecule has 0 bridgehead atoms. The maximum Gasteiger partial charge on any atom is 0.237 e. The predicted molar refractivity (Wildman–Crippen MR) is 75.4 cm³/mol. The van der Waals surface area contributed by atoms with Gasteiger partial charge in [0.15, 0.2) is 0 Å². The van der Waals surface area contributed by atoms with Crippen LogP contribution in [-0.2, 0) is 4.79 Å². The molecule has 0 aliphatic rings. The molecule has 0 radical (unpaired) electrons. The van der Waals surface area contributed by atoms with E-state index in [1.165, 1.54) is 0 Å². The first-order chi connectivity index (χ1) is 8.45. The second-order valence-electron chi connectivity index (χ2n) is 4.70. The Bertz CT molecular complexity index is 409. The van der Waals surface area contributed by atoms with Crippen molar-refractivity contribution < 1.29 is 4.79 Å². The Morgan fingerprint density at radius 2 is 2.11 bits per heavy atom. The molecule has 2 unspecified atom stereocenters. The summed E-state index contributed by atoms with van der Waals surface area (Å²) in [5.41, 5.74) is 6.87. The van der Waals surface area contributed by atoms with E-state index < -0.39 is 6.04 Å². The summed E-state index contributed by atoms with van der Waals surface area (Å²) in [4.78, 5) is 11.9. The van der Waals surface area contributed by atoms with Crippen LogP contribution in [0.25, 0.3) is 0 Å². The first-order valence-electron chi connectivity index (χ1n) is 6.27. The third-order valence-corrected chi connectivity index (χ3v) is 3.50. The molecule has 18 heavy (non-hydrogen) atoms. The molecule has 3 atom stereocenters. The van der Waals surface area contributed by atoms with Crippen molar-refractivity contribution in [3.05, 3.63) is 34.9 Å². The number of amides is 1. The fraction of sp³-hybridized carbons (Fsp3) is 0.500. The molecule has 100 valence electrons. The first-order valence-corrected chi connectivity index (χ1v) is 6.65. The van der Waals surface area contributed by atoms with E-state index in [0.29, 0.717) is 5.02 Å². The SMILES string of the molecule is CCC(C)C(N)C(=O)N[C@H](C)c1cccc(Cl)c1.